The van der Waals surface area contributed by atoms with Crippen LogP contribution < -0.4 is 5.43 Å². The number of hydrogen-bond acceptors (Lipinski definition) is 3. The monoisotopic (exact) mass is 452 g/mol. The van der Waals surface area contributed by atoms with Gasteiger partial charge in [-0.2, -0.15) is 0 Å². The molecule has 0 atom stereocenters. The minimum atomic E-state index is -0.350. The lowest BCUT2D eigenvalue weighted by atomic mass is 9.98. The molecule has 0 aliphatic heterocycles. The van der Waals surface area contributed by atoms with Gasteiger partial charge in [-0.05, 0) is 66.9 Å². The molecule has 0 amide bonds. The Bertz CT molecular complexity index is 1100. The number of ketones is 1. The van der Waals surface area contributed by atoms with Crippen molar-refractivity contribution in [3.63, 3.8) is 0 Å². The number of rotatable bonds is 7. The van der Waals surface area contributed by atoms with Gasteiger partial charge >= 0.3 is 0 Å². The zero-order valence-corrected chi connectivity index (χ0v) is 18.8. The van der Waals surface area contributed by atoms with Crippen molar-refractivity contribution in [3.05, 3.63) is 93.1 Å². The third-order valence-corrected chi connectivity index (χ3v) is 4.91. The van der Waals surface area contributed by atoms with Crippen molar-refractivity contribution >= 4 is 38.5 Å². The first-order valence-corrected chi connectivity index (χ1v) is 10.0. The van der Waals surface area contributed by atoms with Crippen LogP contribution in [0.5, 0.6) is 0 Å². The van der Waals surface area contributed by atoms with E-state index >= 15 is 0 Å². The number of pyridine rings is 1. The largest absolute Gasteiger partial charge is 0.341 e. The Hall–Kier alpha value is -2.79. The molecule has 0 aliphatic rings. The fraction of sp³-hybridized carbons (Fsp3) is 0.208. The zero-order chi connectivity index (χ0) is 21.7. The number of allylic oxidation sites excluding steroid dienone is 2. The topological polar surface area (TPSA) is 51.4 Å². The second kappa shape index (κ2) is 9.61. The number of benzene rings is 1. The molecule has 0 radical (unpaired) electrons. The lowest BCUT2D eigenvalue weighted by Crippen LogP contribution is -2.24. The van der Waals surface area contributed by atoms with Gasteiger partial charge in [-0.15, -0.1) is 0 Å². The Balaban J connectivity index is 2.70. The smallest absolute Gasteiger partial charge is 0.200 e. The van der Waals surface area contributed by atoms with Gasteiger partial charge in [0.05, 0.1) is 28.1 Å². The van der Waals surface area contributed by atoms with Crippen molar-refractivity contribution < 1.29 is 4.79 Å². The van der Waals surface area contributed by atoms with Crippen molar-refractivity contribution in [2.75, 3.05) is 0 Å². The quantitative estimate of drug-likeness (QED) is 0.399. The Labute approximate surface area is 180 Å². The summed E-state index contributed by atoms with van der Waals surface area (Å²) in [7, 11) is 0. The SMILES string of the molecule is C=Cc1c(C=C)n(C/C(=C/C)N=C(C)Br)cc(C(=O)c2ccc(C)c(C)c2)c1=O. The number of aryl methyl sites for hydroxylation is 2. The van der Waals surface area contributed by atoms with Gasteiger partial charge in [0.15, 0.2) is 5.78 Å². The van der Waals surface area contributed by atoms with E-state index in [1.807, 2.05) is 50.5 Å². The van der Waals surface area contributed by atoms with Crippen LogP contribution in [0.1, 0.15) is 52.2 Å². The molecule has 1 aromatic heterocycles. The molecule has 0 saturated carbocycles. The minimum Gasteiger partial charge on any atom is -0.341 e. The number of carbonyl (C=O) groups is 1. The van der Waals surface area contributed by atoms with E-state index in [4.69, 9.17) is 0 Å². The van der Waals surface area contributed by atoms with Gasteiger partial charge in [-0.1, -0.05) is 37.4 Å². The molecule has 0 bridgehead atoms. The predicted molar refractivity (Wildman–Crippen MR) is 126 cm³/mol. The summed E-state index contributed by atoms with van der Waals surface area (Å²) in [6.07, 6.45) is 6.54. The Kier molecular flexibility index (Phi) is 7.46. The molecule has 0 spiro atoms. The third-order valence-electron chi connectivity index (χ3n) is 4.73. The maximum Gasteiger partial charge on any atom is 0.200 e. The predicted octanol–water partition coefficient (Wildman–Crippen LogP) is 5.70. The molecule has 0 saturated heterocycles. The van der Waals surface area contributed by atoms with E-state index in [1.54, 1.807) is 18.3 Å². The van der Waals surface area contributed by atoms with Gasteiger partial charge < -0.3 is 4.57 Å². The van der Waals surface area contributed by atoms with Gasteiger partial charge in [0, 0.05) is 17.3 Å². The zero-order valence-electron chi connectivity index (χ0n) is 17.3. The molecule has 5 heteroatoms. The summed E-state index contributed by atoms with van der Waals surface area (Å²) < 4.78 is 2.55. The van der Waals surface area contributed by atoms with Crippen LogP contribution in [-0.4, -0.2) is 15.0 Å². The highest BCUT2D eigenvalue weighted by Gasteiger charge is 2.19. The molecule has 0 fully saturated rings. The lowest BCUT2D eigenvalue weighted by Gasteiger charge is -2.16. The maximum absolute atomic E-state index is 13.2. The molecule has 0 N–H and O–H groups in total. The number of aromatic nitrogens is 1. The summed E-state index contributed by atoms with van der Waals surface area (Å²) in [5.41, 5.74) is 4.06. The van der Waals surface area contributed by atoms with Gasteiger partial charge in [0.25, 0.3) is 0 Å². The van der Waals surface area contributed by atoms with E-state index in [0.717, 1.165) is 21.4 Å². The van der Waals surface area contributed by atoms with E-state index < -0.39 is 0 Å². The number of aliphatic imine (C=N–C) groups is 1. The summed E-state index contributed by atoms with van der Waals surface area (Å²) in [4.78, 5) is 30.6. The van der Waals surface area contributed by atoms with Crippen LogP contribution in [0.3, 0.4) is 0 Å². The summed E-state index contributed by atoms with van der Waals surface area (Å²) >= 11 is 3.34. The average molecular weight is 453 g/mol. The molecule has 1 heterocycles. The first-order valence-electron chi connectivity index (χ1n) is 9.23. The first-order chi connectivity index (χ1) is 13.7. The summed E-state index contributed by atoms with van der Waals surface area (Å²) in [5, 5.41) is 0. The van der Waals surface area contributed by atoms with Crippen molar-refractivity contribution in [2.24, 2.45) is 4.99 Å². The van der Waals surface area contributed by atoms with Crippen molar-refractivity contribution in [2.45, 2.75) is 34.2 Å². The molecule has 2 rings (SSSR count). The second-order valence-electron chi connectivity index (χ2n) is 6.72. The third kappa shape index (κ3) is 4.98. The van der Waals surface area contributed by atoms with Crippen molar-refractivity contribution in [1.29, 1.82) is 0 Å². The lowest BCUT2D eigenvalue weighted by molar-refractivity contribution is 0.103. The standard InChI is InChI=1S/C24H25BrN2O2/c1-7-19(26-17(6)25)13-27-14-21(24(29)20(8-2)22(27)9-3)23(28)18-11-10-15(4)16(5)12-18/h7-12,14H,2-3,13H2,1,4-6H3/b19-7-,26-17?. The van der Waals surface area contributed by atoms with E-state index in [2.05, 4.69) is 34.1 Å². The fourth-order valence-corrected chi connectivity index (χ4v) is 3.25. The molecule has 0 aliphatic carbocycles. The van der Waals surface area contributed by atoms with E-state index in [0.29, 0.717) is 23.4 Å². The highest BCUT2D eigenvalue weighted by molar-refractivity contribution is 9.18. The molecular weight excluding hydrogens is 428 g/mol. The molecule has 29 heavy (non-hydrogen) atoms. The van der Waals surface area contributed by atoms with Crippen LogP contribution in [0.25, 0.3) is 12.2 Å². The Morgan fingerprint density at radius 2 is 1.90 bits per heavy atom. The van der Waals surface area contributed by atoms with Gasteiger partial charge in [0.1, 0.15) is 0 Å². The number of hydrogen-bond donors (Lipinski definition) is 0. The number of carbonyl (C=O) groups excluding carboxylic acids is 1. The number of halogens is 1. The van der Waals surface area contributed by atoms with Crippen LogP contribution in [0.2, 0.25) is 0 Å². The van der Waals surface area contributed by atoms with Crippen molar-refractivity contribution in [1.82, 2.24) is 4.57 Å². The summed E-state index contributed by atoms with van der Waals surface area (Å²) in [6, 6.07) is 5.45. The highest BCUT2D eigenvalue weighted by Crippen LogP contribution is 2.18. The van der Waals surface area contributed by atoms with E-state index in [9.17, 15) is 9.59 Å². The van der Waals surface area contributed by atoms with Crippen LogP contribution in [0.4, 0.5) is 0 Å². The fourth-order valence-electron chi connectivity index (χ4n) is 3.02. The van der Waals surface area contributed by atoms with Gasteiger partial charge in [0.2, 0.25) is 5.43 Å². The van der Waals surface area contributed by atoms with Gasteiger partial charge in [-0.3, -0.25) is 9.59 Å². The maximum atomic E-state index is 13.2. The minimum absolute atomic E-state index is 0.101. The molecule has 2 aromatic rings. The molecule has 0 unspecified atom stereocenters. The molecule has 150 valence electrons. The molecule has 1 aromatic carbocycles. The van der Waals surface area contributed by atoms with Gasteiger partial charge in [-0.25, -0.2) is 4.99 Å². The van der Waals surface area contributed by atoms with E-state index in [-0.39, 0.29) is 16.8 Å². The normalized spacial score (nSPS) is 12.0. The highest BCUT2D eigenvalue weighted by atomic mass is 79.9. The first kappa shape index (κ1) is 22.5. The molecular formula is C24H25BrN2O2. The summed E-state index contributed by atoms with van der Waals surface area (Å²) in [5.74, 6) is -0.312. The van der Waals surface area contributed by atoms with Crippen LogP contribution in [-0.2, 0) is 6.54 Å². The average Bonchev–Trinajstić information content (AvgIpc) is 2.69. The van der Waals surface area contributed by atoms with Crippen LogP contribution >= 0.6 is 15.9 Å². The summed E-state index contributed by atoms with van der Waals surface area (Å²) in [6.45, 7) is 15.6. The Morgan fingerprint density at radius 3 is 2.41 bits per heavy atom. The van der Waals surface area contributed by atoms with Crippen molar-refractivity contribution in [3.8, 4) is 0 Å². The number of nitrogens with zero attached hydrogens (tertiary/aromatic N) is 2. The van der Waals surface area contributed by atoms with Crippen LogP contribution in [0, 0.1) is 13.8 Å². The Morgan fingerprint density at radius 1 is 1.21 bits per heavy atom. The van der Waals surface area contributed by atoms with Crippen LogP contribution in [0.15, 0.2) is 59.1 Å². The second-order valence-corrected chi connectivity index (χ2v) is 7.87. The molecule has 4 nitrogen and oxygen atoms in total. The van der Waals surface area contributed by atoms with E-state index in [1.165, 1.54) is 6.08 Å².